The quantitative estimate of drug-likeness (QED) is 0.541. The Labute approximate surface area is 79.3 Å². The summed E-state index contributed by atoms with van der Waals surface area (Å²) in [6.45, 7) is 0.111. The molecule has 2 aromatic heterocycles. The summed E-state index contributed by atoms with van der Waals surface area (Å²) in [5.41, 5.74) is 1.98. The van der Waals surface area contributed by atoms with Gasteiger partial charge in [0, 0.05) is 6.20 Å². The maximum absolute atomic E-state index is 10.6. The van der Waals surface area contributed by atoms with Gasteiger partial charge in [0.1, 0.15) is 6.54 Å². The number of hydrogen-bond donors (Lipinski definition) is 0. The van der Waals surface area contributed by atoms with Crippen LogP contribution >= 0.6 is 0 Å². The molecule has 0 amide bonds. The zero-order valence-corrected chi connectivity index (χ0v) is 7.25. The van der Waals surface area contributed by atoms with Crippen LogP contribution in [0.4, 0.5) is 0 Å². The van der Waals surface area contributed by atoms with Crippen molar-refractivity contribution in [3.8, 4) is 0 Å². The Bertz CT molecular complexity index is 490. The minimum atomic E-state index is 0.111. The summed E-state index contributed by atoms with van der Waals surface area (Å²) < 4.78 is 1.58. The van der Waals surface area contributed by atoms with Gasteiger partial charge in [-0.2, -0.15) is 10.0 Å². The fourth-order valence-electron chi connectivity index (χ4n) is 1.31. The lowest BCUT2D eigenvalue weighted by molar-refractivity contribution is 0.112. The van der Waals surface area contributed by atoms with Gasteiger partial charge >= 0.3 is 0 Å². The lowest BCUT2D eigenvalue weighted by atomic mass is 10.2. The Morgan fingerprint density at radius 1 is 1.57 bits per heavy atom. The molecule has 70 valence electrons. The van der Waals surface area contributed by atoms with Crippen LogP contribution in [-0.4, -0.2) is 15.9 Å². The zero-order chi connectivity index (χ0) is 9.97. The summed E-state index contributed by atoms with van der Waals surface area (Å²) in [4.78, 5) is 20.7. The van der Waals surface area contributed by atoms with Crippen molar-refractivity contribution < 1.29 is 4.79 Å². The molecule has 2 aromatic rings. The molecule has 0 unspecified atom stereocenters. The van der Waals surface area contributed by atoms with E-state index in [1.165, 1.54) is 6.20 Å². The highest BCUT2D eigenvalue weighted by Gasteiger charge is 2.03. The number of aromatic nitrogens is 2. The van der Waals surface area contributed by atoms with Gasteiger partial charge in [0.05, 0.1) is 17.3 Å². The maximum Gasteiger partial charge on any atom is 0.153 e. The van der Waals surface area contributed by atoms with Crippen molar-refractivity contribution >= 4 is 11.8 Å². The van der Waals surface area contributed by atoms with Gasteiger partial charge in [0.15, 0.2) is 6.29 Å². The lowest BCUT2D eigenvalue weighted by Gasteiger charge is -1.96. The number of fused-ring (bicyclic) bond motifs is 1. The predicted molar refractivity (Wildman–Crippen MR) is 50.1 cm³/mol. The minimum absolute atomic E-state index is 0.111. The van der Waals surface area contributed by atoms with Gasteiger partial charge in [0.25, 0.3) is 0 Å². The van der Waals surface area contributed by atoms with Crippen molar-refractivity contribution in [1.82, 2.24) is 9.61 Å². The first-order valence-corrected chi connectivity index (χ1v) is 4.05. The topological polar surface area (TPSA) is 63.8 Å². The van der Waals surface area contributed by atoms with Gasteiger partial charge in [-0.05, 0) is 17.7 Å². The van der Waals surface area contributed by atoms with Crippen LogP contribution in [0.3, 0.4) is 0 Å². The molecule has 0 aliphatic rings. The summed E-state index contributed by atoms with van der Waals surface area (Å²) in [6, 6.07) is 3.48. The number of aldehydes is 1. The molecule has 0 saturated carbocycles. The van der Waals surface area contributed by atoms with Gasteiger partial charge in [-0.3, -0.25) is 4.79 Å². The summed E-state index contributed by atoms with van der Waals surface area (Å²) >= 11 is 0. The number of nitroso groups, excluding NO2 is 1. The largest absolute Gasteiger partial charge is 0.298 e. The Kier molecular flexibility index (Phi) is 2.06. The number of pyridine rings is 1. The molecule has 2 heterocycles. The normalized spacial score (nSPS) is 10.3. The number of carbonyl (C=O) groups is 1. The predicted octanol–water partition coefficient (Wildman–Crippen LogP) is 1.41. The van der Waals surface area contributed by atoms with Crippen molar-refractivity contribution in [1.29, 1.82) is 0 Å². The summed E-state index contributed by atoms with van der Waals surface area (Å²) in [5, 5.41) is 6.75. The number of rotatable bonds is 3. The number of hydrogen-bond acceptors (Lipinski definition) is 4. The molecule has 0 saturated heterocycles. The third kappa shape index (κ3) is 1.28. The second kappa shape index (κ2) is 3.37. The van der Waals surface area contributed by atoms with Crippen molar-refractivity contribution in [2.24, 2.45) is 5.18 Å². The molecular formula is C9H7N3O2. The molecule has 2 rings (SSSR count). The molecule has 0 aromatic carbocycles. The Balaban J connectivity index is 2.60. The Hall–Kier alpha value is -2.04. The summed E-state index contributed by atoms with van der Waals surface area (Å²) in [6.07, 6.45) is 3.92. The Morgan fingerprint density at radius 2 is 2.43 bits per heavy atom. The van der Waals surface area contributed by atoms with Crippen LogP contribution in [0.25, 0.3) is 5.52 Å². The van der Waals surface area contributed by atoms with Gasteiger partial charge < -0.3 is 0 Å². The van der Waals surface area contributed by atoms with E-state index in [-0.39, 0.29) is 6.54 Å². The van der Waals surface area contributed by atoms with E-state index in [1.807, 2.05) is 0 Å². The van der Waals surface area contributed by atoms with Gasteiger partial charge in [0.2, 0.25) is 0 Å². The van der Waals surface area contributed by atoms with E-state index >= 15 is 0 Å². The lowest BCUT2D eigenvalue weighted by Crippen LogP contribution is -1.89. The molecule has 0 aliphatic heterocycles. The fourth-order valence-corrected chi connectivity index (χ4v) is 1.31. The number of nitrogens with zero attached hydrogens (tertiary/aromatic N) is 3. The number of carbonyl (C=O) groups excluding carboxylic acids is 1. The molecule has 5 nitrogen and oxygen atoms in total. The fraction of sp³-hybridized carbons (Fsp3) is 0.111. The molecule has 14 heavy (non-hydrogen) atoms. The first kappa shape index (κ1) is 8.55. The minimum Gasteiger partial charge on any atom is -0.298 e. The van der Waals surface area contributed by atoms with E-state index in [9.17, 15) is 9.70 Å². The van der Waals surface area contributed by atoms with Crippen LogP contribution in [0.2, 0.25) is 0 Å². The van der Waals surface area contributed by atoms with E-state index in [0.717, 1.165) is 11.8 Å². The summed E-state index contributed by atoms with van der Waals surface area (Å²) in [5.74, 6) is 0. The second-order valence-electron chi connectivity index (χ2n) is 2.87. The highest BCUT2D eigenvalue weighted by molar-refractivity contribution is 5.85. The van der Waals surface area contributed by atoms with E-state index < -0.39 is 0 Å². The molecule has 0 spiro atoms. The second-order valence-corrected chi connectivity index (χ2v) is 2.87. The van der Waals surface area contributed by atoms with Crippen LogP contribution in [0.1, 0.15) is 15.9 Å². The third-order valence-corrected chi connectivity index (χ3v) is 1.99. The van der Waals surface area contributed by atoms with Crippen molar-refractivity contribution in [2.45, 2.75) is 6.54 Å². The Morgan fingerprint density at radius 3 is 3.14 bits per heavy atom. The first-order chi connectivity index (χ1) is 6.85. The third-order valence-electron chi connectivity index (χ3n) is 1.99. The molecule has 0 bridgehead atoms. The van der Waals surface area contributed by atoms with Crippen LogP contribution in [0.5, 0.6) is 0 Å². The van der Waals surface area contributed by atoms with Crippen LogP contribution in [0, 0.1) is 4.91 Å². The smallest absolute Gasteiger partial charge is 0.153 e. The molecule has 5 heteroatoms. The van der Waals surface area contributed by atoms with E-state index in [2.05, 4.69) is 10.3 Å². The van der Waals surface area contributed by atoms with Gasteiger partial charge in [-0.15, -0.1) is 0 Å². The van der Waals surface area contributed by atoms with Crippen LogP contribution < -0.4 is 0 Å². The molecule has 0 fully saturated rings. The standard InChI is InChI=1S/C9H7N3O2/c13-6-8-5-10-12-2-1-7(4-11-14)3-9(8)12/h1-3,5-6H,4H2. The first-order valence-electron chi connectivity index (χ1n) is 4.05. The van der Waals surface area contributed by atoms with Gasteiger partial charge in [-0.25, -0.2) is 4.52 Å². The highest BCUT2D eigenvalue weighted by Crippen LogP contribution is 2.11. The average Bonchev–Trinajstić information content (AvgIpc) is 2.60. The van der Waals surface area contributed by atoms with Crippen molar-refractivity contribution in [2.75, 3.05) is 0 Å². The molecule has 0 atom stereocenters. The van der Waals surface area contributed by atoms with E-state index in [1.54, 1.807) is 22.8 Å². The van der Waals surface area contributed by atoms with Crippen LogP contribution in [0.15, 0.2) is 29.7 Å². The van der Waals surface area contributed by atoms with Crippen molar-refractivity contribution in [3.63, 3.8) is 0 Å². The highest BCUT2D eigenvalue weighted by atomic mass is 16.3. The van der Waals surface area contributed by atoms with Gasteiger partial charge in [-0.1, -0.05) is 5.18 Å². The van der Waals surface area contributed by atoms with E-state index in [4.69, 9.17) is 0 Å². The van der Waals surface area contributed by atoms with Crippen LogP contribution in [-0.2, 0) is 6.54 Å². The molecule has 0 aliphatic carbocycles. The van der Waals surface area contributed by atoms with Crippen molar-refractivity contribution in [3.05, 3.63) is 40.6 Å². The molecular weight excluding hydrogens is 182 g/mol. The molecule has 0 radical (unpaired) electrons. The average molecular weight is 189 g/mol. The maximum atomic E-state index is 10.6. The SMILES string of the molecule is O=Cc1cnn2ccc(CN=O)cc12. The monoisotopic (exact) mass is 189 g/mol. The van der Waals surface area contributed by atoms with E-state index in [0.29, 0.717) is 11.1 Å². The zero-order valence-electron chi connectivity index (χ0n) is 7.25. The molecule has 0 N–H and O–H groups in total. The summed E-state index contributed by atoms with van der Waals surface area (Å²) in [7, 11) is 0.